The van der Waals surface area contributed by atoms with Crippen LogP contribution in [0.4, 0.5) is 5.82 Å². The van der Waals surface area contributed by atoms with Crippen LogP contribution in [0.15, 0.2) is 75.4 Å². The number of hydrogen-bond acceptors (Lipinski definition) is 7. The molecule has 0 fully saturated rings. The minimum Gasteiger partial charge on any atom is -0.310 e. The molecule has 4 aromatic rings. The van der Waals surface area contributed by atoms with Gasteiger partial charge in [-0.05, 0) is 18.4 Å². The number of para-hydroxylation sites is 1. The van der Waals surface area contributed by atoms with E-state index in [1.54, 1.807) is 16.4 Å². The fourth-order valence-electron chi connectivity index (χ4n) is 2.63. The Kier molecular flexibility index (Phi) is 6.28. The molecule has 0 spiro atoms. The lowest BCUT2D eigenvalue weighted by atomic mass is 10.2. The second kappa shape index (κ2) is 9.25. The average molecular weight is 440 g/mol. The van der Waals surface area contributed by atoms with Gasteiger partial charge >= 0.3 is 0 Å². The highest BCUT2D eigenvalue weighted by Gasteiger charge is 2.14. The van der Waals surface area contributed by atoms with Crippen LogP contribution >= 0.6 is 34.9 Å². The number of hydrogen-bond donors (Lipinski definition) is 1. The van der Waals surface area contributed by atoms with E-state index in [4.69, 9.17) is 5.10 Å². The molecule has 0 radical (unpaired) electrons. The van der Waals surface area contributed by atoms with Crippen LogP contribution in [0.3, 0.4) is 0 Å². The minimum absolute atomic E-state index is 0.118. The molecule has 0 aliphatic rings. The molecule has 0 aliphatic heterocycles. The second-order valence-corrected chi connectivity index (χ2v) is 9.16. The minimum atomic E-state index is -0.118. The van der Waals surface area contributed by atoms with Crippen molar-refractivity contribution in [2.45, 2.75) is 8.68 Å². The van der Waals surface area contributed by atoms with Gasteiger partial charge in [-0.15, -0.1) is 10.2 Å². The highest BCUT2D eigenvalue weighted by Crippen LogP contribution is 2.28. The third-order valence-corrected chi connectivity index (χ3v) is 6.97. The Balaban J connectivity index is 1.55. The van der Waals surface area contributed by atoms with Crippen molar-refractivity contribution in [3.63, 3.8) is 0 Å². The predicted octanol–water partition coefficient (Wildman–Crippen LogP) is 4.84. The van der Waals surface area contributed by atoms with E-state index in [0.717, 1.165) is 25.6 Å². The zero-order chi connectivity index (χ0) is 20.1. The molecule has 0 bridgehead atoms. The van der Waals surface area contributed by atoms with E-state index in [1.807, 2.05) is 73.0 Å². The van der Waals surface area contributed by atoms with Crippen LogP contribution in [0.1, 0.15) is 0 Å². The highest BCUT2D eigenvalue weighted by molar-refractivity contribution is 8.03. The summed E-state index contributed by atoms with van der Waals surface area (Å²) in [4.78, 5) is 12.6. The van der Waals surface area contributed by atoms with Crippen LogP contribution in [0.25, 0.3) is 16.9 Å². The van der Waals surface area contributed by atoms with Crippen molar-refractivity contribution in [2.75, 3.05) is 17.3 Å². The van der Waals surface area contributed by atoms with Gasteiger partial charge in [-0.3, -0.25) is 4.79 Å². The number of nitrogens with zero attached hydrogens (tertiary/aromatic N) is 4. The first-order valence-electron chi connectivity index (χ1n) is 8.74. The van der Waals surface area contributed by atoms with Gasteiger partial charge in [-0.1, -0.05) is 83.4 Å². The molecule has 2 aromatic carbocycles. The fourth-order valence-corrected chi connectivity index (χ4v) is 4.87. The molecule has 146 valence electrons. The molecule has 0 saturated carbocycles. The summed E-state index contributed by atoms with van der Waals surface area (Å²) in [6.45, 7) is 0. The average Bonchev–Trinajstić information content (AvgIpc) is 3.40. The summed E-state index contributed by atoms with van der Waals surface area (Å²) in [6, 6.07) is 21.5. The molecule has 0 atom stereocenters. The fraction of sp³-hybridized carbons (Fsp3) is 0.100. The van der Waals surface area contributed by atoms with Gasteiger partial charge in [0.25, 0.3) is 0 Å². The maximum absolute atomic E-state index is 12.6. The lowest BCUT2D eigenvalue weighted by Gasteiger charge is -2.08. The molecule has 1 amide bonds. The summed E-state index contributed by atoms with van der Waals surface area (Å²) in [5.74, 6) is 0.763. The van der Waals surface area contributed by atoms with Crippen LogP contribution in [0.5, 0.6) is 0 Å². The van der Waals surface area contributed by atoms with Crippen LogP contribution in [-0.2, 0) is 4.79 Å². The lowest BCUT2D eigenvalue weighted by molar-refractivity contribution is -0.113. The molecule has 2 heterocycles. The first kappa shape index (κ1) is 19.7. The van der Waals surface area contributed by atoms with Gasteiger partial charge in [0.05, 0.1) is 17.1 Å². The number of aromatic nitrogens is 4. The summed E-state index contributed by atoms with van der Waals surface area (Å²) >= 11 is 4.41. The van der Waals surface area contributed by atoms with Gasteiger partial charge in [0.2, 0.25) is 5.91 Å². The number of anilines is 1. The molecule has 0 aliphatic carbocycles. The summed E-state index contributed by atoms with van der Waals surface area (Å²) < 4.78 is 3.43. The van der Waals surface area contributed by atoms with E-state index in [0.29, 0.717) is 5.82 Å². The molecule has 0 saturated heterocycles. The Bertz CT molecular complexity index is 1100. The maximum atomic E-state index is 12.6. The van der Waals surface area contributed by atoms with Crippen molar-refractivity contribution in [3.05, 3.63) is 66.7 Å². The van der Waals surface area contributed by atoms with Crippen LogP contribution in [-0.4, -0.2) is 37.9 Å². The third-order valence-electron chi connectivity index (χ3n) is 3.94. The standard InChI is InChI=1S/C20H17N5OS3/c1-27-19-22-23-20(29-19)28-13-18(26)21-17-12-16(14-8-4-2-5-9-14)24-25(17)15-10-6-3-7-11-15/h2-12H,13H2,1H3,(H,21,26). The molecule has 4 rings (SSSR count). The van der Waals surface area contributed by atoms with Crippen molar-refractivity contribution in [2.24, 2.45) is 0 Å². The first-order valence-corrected chi connectivity index (χ1v) is 11.8. The smallest absolute Gasteiger partial charge is 0.235 e. The maximum Gasteiger partial charge on any atom is 0.235 e. The number of thioether (sulfide) groups is 2. The molecular formula is C20H17N5OS3. The van der Waals surface area contributed by atoms with Gasteiger partial charge < -0.3 is 5.32 Å². The van der Waals surface area contributed by atoms with Crippen molar-refractivity contribution in [1.29, 1.82) is 0 Å². The number of benzene rings is 2. The Morgan fingerprint density at radius 3 is 2.41 bits per heavy atom. The molecular weight excluding hydrogens is 422 g/mol. The van der Waals surface area contributed by atoms with E-state index >= 15 is 0 Å². The van der Waals surface area contributed by atoms with Crippen molar-refractivity contribution < 1.29 is 4.79 Å². The van der Waals surface area contributed by atoms with Crippen molar-refractivity contribution in [1.82, 2.24) is 20.0 Å². The monoisotopic (exact) mass is 439 g/mol. The van der Waals surface area contributed by atoms with Crippen LogP contribution in [0, 0.1) is 0 Å². The molecule has 1 N–H and O–H groups in total. The summed E-state index contributed by atoms with van der Waals surface area (Å²) in [6.07, 6.45) is 1.96. The van der Waals surface area contributed by atoms with E-state index in [2.05, 4.69) is 15.5 Å². The summed E-state index contributed by atoms with van der Waals surface area (Å²) in [5, 5.41) is 15.8. The topological polar surface area (TPSA) is 72.7 Å². The number of carbonyl (C=O) groups excluding carboxylic acids is 1. The Morgan fingerprint density at radius 2 is 1.72 bits per heavy atom. The molecule has 29 heavy (non-hydrogen) atoms. The second-order valence-electron chi connectivity index (χ2n) is 5.90. The zero-order valence-corrected chi connectivity index (χ0v) is 17.9. The normalized spacial score (nSPS) is 10.8. The van der Waals surface area contributed by atoms with Gasteiger partial charge in [0.15, 0.2) is 8.68 Å². The van der Waals surface area contributed by atoms with Crippen LogP contribution in [0.2, 0.25) is 0 Å². The quantitative estimate of drug-likeness (QED) is 0.415. The number of carbonyl (C=O) groups is 1. The third kappa shape index (κ3) is 4.87. The number of rotatable bonds is 7. The Labute approximate surface area is 180 Å². The van der Waals surface area contributed by atoms with E-state index < -0.39 is 0 Å². The first-order chi connectivity index (χ1) is 14.2. The Hall–Kier alpha value is -2.62. The van der Waals surface area contributed by atoms with Gasteiger partial charge in [0.1, 0.15) is 5.82 Å². The number of amides is 1. The van der Waals surface area contributed by atoms with E-state index in [9.17, 15) is 4.79 Å². The van der Waals surface area contributed by atoms with E-state index in [-0.39, 0.29) is 11.7 Å². The molecule has 2 aromatic heterocycles. The zero-order valence-electron chi connectivity index (χ0n) is 15.5. The van der Waals surface area contributed by atoms with E-state index in [1.165, 1.54) is 23.1 Å². The molecule has 0 unspecified atom stereocenters. The summed E-state index contributed by atoms with van der Waals surface area (Å²) in [7, 11) is 0. The van der Waals surface area contributed by atoms with Gasteiger partial charge in [-0.2, -0.15) is 5.10 Å². The van der Waals surface area contributed by atoms with Gasteiger partial charge in [0, 0.05) is 11.6 Å². The van der Waals surface area contributed by atoms with Crippen molar-refractivity contribution in [3.8, 4) is 16.9 Å². The predicted molar refractivity (Wildman–Crippen MR) is 120 cm³/mol. The lowest BCUT2D eigenvalue weighted by Crippen LogP contribution is -2.16. The van der Waals surface area contributed by atoms with Gasteiger partial charge in [-0.25, -0.2) is 4.68 Å². The highest BCUT2D eigenvalue weighted by atomic mass is 32.2. The number of nitrogens with one attached hydrogen (secondary N) is 1. The van der Waals surface area contributed by atoms with Crippen LogP contribution < -0.4 is 5.32 Å². The molecule has 9 heteroatoms. The molecule has 6 nitrogen and oxygen atoms in total. The Morgan fingerprint density at radius 1 is 1.03 bits per heavy atom. The largest absolute Gasteiger partial charge is 0.310 e. The van der Waals surface area contributed by atoms with Crippen molar-refractivity contribution >= 4 is 46.6 Å². The SMILES string of the molecule is CSc1nnc(SCC(=O)Nc2cc(-c3ccccc3)nn2-c2ccccc2)s1. The summed E-state index contributed by atoms with van der Waals surface area (Å²) in [5.41, 5.74) is 2.67.